The summed E-state index contributed by atoms with van der Waals surface area (Å²) in [5, 5.41) is 29.5. The largest absolute Gasteiger partial charge is 0.505 e. The molecular formula is C19H21N5O4S. The summed E-state index contributed by atoms with van der Waals surface area (Å²) in [6.07, 6.45) is 0.880. The van der Waals surface area contributed by atoms with Crippen molar-refractivity contribution in [3.05, 3.63) is 56.4 Å². The third kappa shape index (κ3) is 4.66. The Bertz CT molecular complexity index is 1150. The van der Waals surface area contributed by atoms with Crippen LogP contribution >= 0.6 is 11.5 Å². The molecule has 10 heteroatoms. The molecule has 0 fully saturated rings. The molecule has 3 rings (SSSR count). The average Bonchev–Trinajstić information content (AvgIpc) is 2.97. The third-order valence-corrected chi connectivity index (χ3v) is 5.48. The Morgan fingerprint density at radius 3 is 2.69 bits per heavy atom. The second kappa shape index (κ2) is 8.50. The van der Waals surface area contributed by atoms with Gasteiger partial charge in [-0.2, -0.15) is 5.11 Å². The van der Waals surface area contributed by atoms with Gasteiger partial charge in [0.15, 0.2) is 0 Å². The van der Waals surface area contributed by atoms with Crippen LogP contribution in [0.2, 0.25) is 0 Å². The molecule has 0 amide bonds. The monoisotopic (exact) mass is 415 g/mol. The van der Waals surface area contributed by atoms with E-state index in [9.17, 15) is 20.0 Å². The van der Waals surface area contributed by atoms with Crippen LogP contribution in [0, 0.1) is 17.0 Å². The lowest BCUT2D eigenvalue weighted by molar-refractivity contribution is -0.385. The highest BCUT2D eigenvalue weighted by molar-refractivity contribution is 7.13. The van der Waals surface area contributed by atoms with Crippen molar-refractivity contribution in [3.63, 3.8) is 0 Å². The predicted octanol–water partition coefficient (Wildman–Crippen LogP) is 4.35. The molecule has 1 heterocycles. The Balaban J connectivity index is 1.86. The van der Waals surface area contributed by atoms with Crippen molar-refractivity contribution in [2.75, 3.05) is 20.6 Å². The number of aryl methyl sites for hydroxylation is 2. The SMILES string of the molecule is Cc1cc(N=Nc2ccc3sn(CCCN(C)C)c(=O)c3c2)c(O)cc1[N+](=O)[O-]. The quantitative estimate of drug-likeness (QED) is 0.350. The predicted molar refractivity (Wildman–Crippen MR) is 113 cm³/mol. The van der Waals surface area contributed by atoms with Gasteiger partial charge in [-0.25, -0.2) is 0 Å². The van der Waals surface area contributed by atoms with Gasteiger partial charge in [-0.1, -0.05) is 11.5 Å². The van der Waals surface area contributed by atoms with Gasteiger partial charge in [0.25, 0.3) is 11.2 Å². The average molecular weight is 415 g/mol. The van der Waals surface area contributed by atoms with E-state index in [1.165, 1.54) is 17.6 Å². The standard InChI is InChI=1S/C19H21N5O4S/c1-12-9-15(17(25)11-16(12)24(27)28)21-20-13-5-6-18-14(10-13)19(26)23(29-18)8-4-7-22(2)3/h5-6,9-11,25H,4,7-8H2,1-3H3. The Morgan fingerprint density at radius 2 is 2.00 bits per heavy atom. The number of rotatable bonds is 7. The zero-order valence-electron chi connectivity index (χ0n) is 16.3. The van der Waals surface area contributed by atoms with E-state index in [1.807, 2.05) is 20.2 Å². The number of nitrogens with zero attached hydrogens (tertiary/aromatic N) is 5. The van der Waals surface area contributed by atoms with Crippen LogP contribution in [0.3, 0.4) is 0 Å². The Hall–Kier alpha value is -3.11. The number of phenols is 1. The minimum atomic E-state index is -0.565. The molecule has 9 nitrogen and oxygen atoms in total. The van der Waals surface area contributed by atoms with Crippen molar-refractivity contribution in [1.29, 1.82) is 0 Å². The normalized spacial score (nSPS) is 11.7. The van der Waals surface area contributed by atoms with Gasteiger partial charge in [-0.15, -0.1) is 5.11 Å². The van der Waals surface area contributed by atoms with Crippen molar-refractivity contribution >= 4 is 38.7 Å². The zero-order chi connectivity index (χ0) is 21.1. The van der Waals surface area contributed by atoms with E-state index in [2.05, 4.69) is 15.1 Å². The van der Waals surface area contributed by atoms with Gasteiger partial charge in [0.2, 0.25) is 0 Å². The van der Waals surface area contributed by atoms with Crippen molar-refractivity contribution < 1.29 is 10.0 Å². The molecule has 0 atom stereocenters. The fraction of sp³-hybridized carbons (Fsp3) is 0.316. The first kappa shape index (κ1) is 20.6. The summed E-state index contributed by atoms with van der Waals surface area (Å²) in [5.41, 5.74) is 0.712. The molecule has 0 aliphatic heterocycles. The maximum atomic E-state index is 12.6. The van der Waals surface area contributed by atoms with Gasteiger partial charge < -0.3 is 10.0 Å². The van der Waals surface area contributed by atoms with Gasteiger partial charge in [-0.05, 0) is 58.3 Å². The number of nitro groups is 1. The maximum Gasteiger partial charge on any atom is 0.276 e. The molecule has 29 heavy (non-hydrogen) atoms. The van der Waals surface area contributed by atoms with E-state index >= 15 is 0 Å². The molecule has 0 unspecified atom stereocenters. The molecule has 0 bridgehead atoms. The molecule has 0 saturated carbocycles. The van der Waals surface area contributed by atoms with E-state index in [0.717, 1.165) is 23.7 Å². The lowest BCUT2D eigenvalue weighted by Crippen LogP contribution is -2.18. The number of nitro benzene ring substituents is 1. The summed E-state index contributed by atoms with van der Waals surface area (Å²) in [4.78, 5) is 25.1. The van der Waals surface area contributed by atoms with Crippen molar-refractivity contribution in [3.8, 4) is 5.75 Å². The number of phenolic OH excluding ortho intramolecular Hbond substituents is 1. The van der Waals surface area contributed by atoms with Crippen LogP contribution in [0.4, 0.5) is 17.1 Å². The second-order valence-corrected chi connectivity index (χ2v) is 7.98. The number of hydrogen-bond acceptors (Lipinski definition) is 8. The topological polar surface area (TPSA) is 113 Å². The summed E-state index contributed by atoms with van der Waals surface area (Å²) in [6, 6.07) is 7.67. The molecule has 0 radical (unpaired) electrons. The van der Waals surface area contributed by atoms with Gasteiger partial charge >= 0.3 is 0 Å². The first-order chi connectivity index (χ1) is 13.8. The van der Waals surface area contributed by atoms with E-state index in [1.54, 1.807) is 23.0 Å². The van der Waals surface area contributed by atoms with Crippen LogP contribution in [0.5, 0.6) is 5.75 Å². The molecule has 2 aromatic carbocycles. The van der Waals surface area contributed by atoms with E-state index in [-0.39, 0.29) is 22.7 Å². The lowest BCUT2D eigenvalue weighted by atomic mass is 10.1. The lowest BCUT2D eigenvalue weighted by Gasteiger charge is -2.08. The van der Waals surface area contributed by atoms with E-state index in [0.29, 0.717) is 23.2 Å². The van der Waals surface area contributed by atoms with Crippen LogP contribution in [-0.4, -0.2) is 39.5 Å². The number of azo groups is 1. The third-order valence-electron chi connectivity index (χ3n) is 4.36. The molecule has 0 aliphatic rings. The summed E-state index contributed by atoms with van der Waals surface area (Å²) in [5.74, 6) is -0.328. The fourth-order valence-electron chi connectivity index (χ4n) is 2.86. The molecule has 0 spiro atoms. The van der Waals surface area contributed by atoms with E-state index < -0.39 is 4.92 Å². The van der Waals surface area contributed by atoms with Crippen LogP contribution in [0.15, 0.2) is 45.4 Å². The molecule has 3 aromatic rings. The van der Waals surface area contributed by atoms with Gasteiger partial charge in [0.1, 0.15) is 11.4 Å². The van der Waals surface area contributed by atoms with Gasteiger partial charge in [-0.3, -0.25) is 18.9 Å². The van der Waals surface area contributed by atoms with Crippen LogP contribution in [0.25, 0.3) is 10.1 Å². The maximum absolute atomic E-state index is 12.6. The zero-order valence-corrected chi connectivity index (χ0v) is 17.1. The first-order valence-electron chi connectivity index (χ1n) is 8.94. The van der Waals surface area contributed by atoms with Gasteiger partial charge in [0.05, 0.1) is 26.8 Å². The summed E-state index contributed by atoms with van der Waals surface area (Å²) < 4.78 is 2.61. The first-order valence-corrected chi connectivity index (χ1v) is 9.72. The molecule has 152 valence electrons. The number of hydrogen-bond donors (Lipinski definition) is 1. The van der Waals surface area contributed by atoms with Crippen molar-refractivity contribution in [1.82, 2.24) is 8.86 Å². The van der Waals surface area contributed by atoms with Crippen molar-refractivity contribution in [2.45, 2.75) is 19.9 Å². The molecule has 1 aromatic heterocycles. The minimum absolute atomic E-state index is 0.0603. The van der Waals surface area contributed by atoms with Crippen LogP contribution in [0.1, 0.15) is 12.0 Å². The fourth-order valence-corrected chi connectivity index (χ4v) is 3.87. The van der Waals surface area contributed by atoms with Crippen LogP contribution in [-0.2, 0) is 6.54 Å². The number of fused-ring (bicyclic) bond motifs is 1. The molecule has 0 saturated heterocycles. The van der Waals surface area contributed by atoms with E-state index in [4.69, 9.17) is 0 Å². The smallest absolute Gasteiger partial charge is 0.276 e. The molecule has 1 N–H and O–H groups in total. The Morgan fingerprint density at radius 1 is 1.24 bits per heavy atom. The summed E-state index contributed by atoms with van der Waals surface area (Å²) in [6.45, 7) is 3.12. The minimum Gasteiger partial charge on any atom is -0.505 e. The molecule has 0 aliphatic carbocycles. The molecular weight excluding hydrogens is 394 g/mol. The Labute approximate surface area is 170 Å². The second-order valence-electron chi connectivity index (χ2n) is 6.92. The highest BCUT2D eigenvalue weighted by atomic mass is 32.1. The Kier molecular flexibility index (Phi) is 6.04. The summed E-state index contributed by atoms with van der Waals surface area (Å²) >= 11 is 1.42. The number of aromatic nitrogens is 1. The number of aromatic hydroxyl groups is 1. The van der Waals surface area contributed by atoms with Crippen LogP contribution < -0.4 is 5.56 Å². The number of benzene rings is 2. The van der Waals surface area contributed by atoms with Crippen molar-refractivity contribution in [2.24, 2.45) is 10.2 Å². The highest BCUT2D eigenvalue weighted by Gasteiger charge is 2.15. The van der Waals surface area contributed by atoms with Gasteiger partial charge in [0, 0.05) is 12.1 Å². The highest BCUT2D eigenvalue weighted by Crippen LogP contribution is 2.34. The summed E-state index contributed by atoms with van der Waals surface area (Å²) in [7, 11) is 3.99.